The van der Waals surface area contributed by atoms with Crippen LogP contribution in [-0.2, 0) is 13.0 Å². The van der Waals surface area contributed by atoms with Crippen molar-refractivity contribution in [1.82, 2.24) is 4.90 Å². The van der Waals surface area contributed by atoms with E-state index in [1.54, 1.807) is 42.5 Å². The smallest absolute Gasteiger partial charge is 0.291 e. The summed E-state index contributed by atoms with van der Waals surface area (Å²) in [6.45, 7) is 1.46. The quantitative estimate of drug-likeness (QED) is 0.157. The number of ether oxygens (including phenoxy) is 3. The number of anilines is 2. The standard InChI is InChI=1S/C36H35N3O8/c1-39(21-23-11-14-28(40)31(17-23)44-2)16-15-22-9-12-24(13-10-22)37-35(42)26-18-32(45-3)33(46-4)19-27(26)38-36(43)34-20-29(41)25-7-5-6-8-30(25)47-34/h5-14,17-20,40H,15-16,21H2,1-4H3,(H,37,42)(H,38,43). The Balaban J connectivity index is 1.28. The van der Waals surface area contributed by atoms with Gasteiger partial charge in [-0.15, -0.1) is 0 Å². The lowest BCUT2D eigenvalue weighted by Crippen LogP contribution is -2.21. The van der Waals surface area contributed by atoms with Gasteiger partial charge in [-0.25, -0.2) is 0 Å². The van der Waals surface area contributed by atoms with E-state index >= 15 is 0 Å². The van der Waals surface area contributed by atoms with Crippen LogP contribution in [0.4, 0.5) is 11.4 Å². The summed E-state index contributed by atoms with van der Waals surface area (Å²) in [5, 5.41) is 15.7. The molecule has 0 aliphatic rings. The minimum Gasteiger partial charge on any atom is -0.504 e. The van der Waals surface area contributed by atoms with Crippen molar-refractivity contribution in [2.24, 2.45) is 0 Å². The van der Waals surface area contributed by atoms with Gasteiger partial charge in [-0.1, -0.05) is 30.3 Å². The van der Waals surface area contributed by atoms with Gasteiger partial charge in [0.15, 0.2) is 34.2 Å². The Bertz CT molecular complexity index is 1970. The minimum absolute atomic E-state index is 0.106. The van der Waals surface area contributed by atoms with E-state index in [0.717, 1.165) is 30.2 Å². The molecular formula is C36H35N3O8. The number of methoxy groups -OCH3 is 3. The van der Waals surface area contributed by atoms with Gasteiger partial charge in [-0.05, 0) is 67.1 Å². The Kier molecular flexibility index (Phi) is 10.1. The van der Waals surface area contributed by atoms with Gasteiger partial charge in [0, 0.05) is 30.9 Å². The predicted molar refractivity (Wildman–Crippen MR) is 179 cm³/mol. The lowest BCUT2D eigenvalue weighted by molar-refractivity contribution is 0.0997. The Labute approximate surface area is 271 Å². The number of hydrogen-bond acceptors (Lipinski definition) is 9. The number of fused-ring (bicyclic) bond motifs is 1. The molecule has 5 rings (SSSR count). The van der Waals surface area contributed by atoms with Crippen molar-refractivity contribution in [3.8, 4) is 23.0 Å². The third-order valence-corrected chi connectivity index (χ3v) is 7.57. The van der Waals surface area contributed by atoms with E-state index in [2.05, 4.69) is 15.5 Å². The zero-order valence-electron chi connectivity index (χ0n) is 26.5. The molecule has 0 aliphatic heterocycles. The fourth-order valence-corrected chi connectivity index (χ4v) is 5.05. The van der Waals surface area contributed by atoms with Crippen LogP contribution in [0.15, 0.2) is 94.1 Å². The van der Waals surface area contributed by atoms with E-state index in [4.69, 9.17) is 18.6 Å². The lowest BCUT2D eigenvalue weighted by atomic mass is 10.1. The second-order valence-electron chi connectivity index (χ2n) is 10.8. The second-order valence-corrected chi connectivity index (χ2v) is 10.8. The van der Waals surface area contributed by atoms with Crippen molar-refractivity contribution in [2.45, 2.75) is 13.0 Å². The third kappa shape index (κ3) is 7.71. The molecule has 1 heterocycles. The van der Waals surface area contributed by atoms with E-state index in [9.17, 15) is 19.5 Å². The van der Waals surface area contributed by atoms with Gasteiger partial charge in [0.1, 0.15) is 5.58 Å². The molecule has 11 nitrogen and oxygen atoms in total. The minimum atomic E-state index is -0.715. The highest BCUT2D eigenvalue weighted by Crippen LogP contribution is 2.34. The molecule has 47 heavy (non-hydrogen) atoms. The molecule has 0 spiro atoms. The molecule has 5 aromatic rings. The fourth-order valence-electron chi connectivity index (χ4n) is 5.05. The summed E-state index contributed by atoms with van der Waals surface area (Å²) >= 11 is 0. The maximum atomic E-state index is 13.5. The number of carbonyl (C=O) groups is 2. The molecule has 0 saturated carbocycles. The number of nitrogens with zero attached hydrogens (tertiary/aromatic N) is 1. The Morgan fingerprint density at radius 1 is 0.787 bits per heavy atom. The van der Waals surface area contributed by atoms with Crippen LogP contribution in [0.5, 0.6) is 23.0 Å². The average Bonchev–Trinajstić information content (AvgIpc) is 3.08. The lowest BCUT2D eigenvalue weighted by Gasteiger charge is -2.18. The largest absolute Gasteiger partial charge is 0.504 e. The van der Waals surface area contributed by atoms with Crippen molar-refractivity contribution in [3.63, 3.8) is 0 Å². The summed E-state index contributed by atoms with van der Waals surface area (Å²) in [6.07, 6.45) is 0.775. The maximum absolute atomic E-state index is 13.5. The fraction of sp³-hybridized carbons (Fsp3) is 0.194. The van der Waals surface area contributed by atoms with Crippen molar-refractivity contribution < 1.29 is 33.3 Å². The van der Waals surface area contributed by atoms with Crippen LogP contribution < -0.4 is 30.3 Å². The summed E-state index contributed by atoms with van der Waals surface area (Å²) in [4.78, 5) is 41.5. The van der Waals surface area contributed by atoms with Crippen molar-refractivity contribution in [2.75, 3.05) is 45.6 Å². The van der Waals surface area contributed by atoms with E-state index in [1.165, 1.54) is 33.5 Å². The molecule has 242 valence electrons. The number of phenols is 1. The van der Waals surface area contributed by atoms with Gasteiger partial charge >= 0.3 is 0 Å². The van der Waals surface area contributed by atoms with Crippen LogP contribution in [0, 0.1) is 0 Å². The topological polar surface area (TPSA) is 140 Å². The van der Waals surface area contributed by atoms with Crippen LogP contribution in [0.25, 0.3) is 11.0 Å². The molecule has 4 aromatic carbocycles. The predicted octanol–water partition coefficient (Wildman–Crippen LogP) is 5.70. The second kappa shape index (κ2) is 14.5. The highest BCUT2D eigenvalue weighted by Gasteiger charge is 2.21. The van der Waals surface area contributed by atoms with Gasteiger partial charge in [0.2, 0.25) is 0 Å². The number of amides is 2. The van der Waals surface area contributed by atoms with Crippen LogP contribution >= 0.6 is 0 Å². The number of rotatable bonds is 12. The molecular weight excluding hydrogens is 602 g/mol. The third-order valence-electron chi connectivity index (χ3n) is 7.57. The van der Waals surface area contributed by atoms with Crippen LogP contribution in [0.1, 0.15) is 32.0 Å². The zero-order valence-corrected chi connectivity index (χ0v) is 26.5. The molecule has 0 fully saturated rings. The molecule has 3 N–H and O–H groups in total. The number of likely N-dealkylation sites (N-methyl/N-ethyl adjacent to an activating group) is 1. The van der Waals surface area contributed by atoms with E-state index < -0.39 is 11.8 Å². The molecule has 0 bridgehead atoms. The molecule has 2 amide bonds. The average molecular weight is 638 g/mol. The van der Waals surface area contributed by atoms with Crippen molar-refractivity contribution in [3.05, 3.63) is 118 Å². The number of aromatic hydroxyl groups is 1. The number of hydrogen-bond donors (Lipinski definition) is 3. The van der Waals surface area contributed by atoms with Gasteiger partial charge in [-0.3, -0.25) is 14.4 Å². The zero-order chi connectivity index (χ0) is 33.5. The highest BCUT2D eigenvalue weighted by atomic mass is 16.5. The molecule has 0 saturated heterocycles. The van der Waals surface area contributed by atoms with Gasteiger partial charge in [0.25, 0.3) is 11.8 Å². The van der Waals surface area contributed by atoms with E-state index in [-0.39, 0.29) is 45.3 Å². The molecule has 0 atom stereocenters. The molecule has 1 aromatic heterocycles. The molecule has 0 aliphatic carbocycles. The number of nitrogens with one attached hydrogen (secondary N) is 2. The summed E-state index contributed by atoms with van der Waals surface area (Å²) in [6, 6.07) is 23.5. The highest BCUT2D eigenvalue weighted by molar-refractivity contribution is 6.12. The van der Waals surface area contributed by atoms with E-state index in [1.807, 2.05) is 31.3 Å². The molecule has 11 heteroatoms. The summed E-state index contributed by atoms with van der Waals surface area (Å²) < 4.78 is 21.7. The first-order valence-corrected chi connectivity index (χ1v) is 14.7. The van der Waals surface area contributed by atoms with Crippen molar-refractivity contribution >= 4 is 34.2 Å². The Morgan fingerprint density at radius 2 is 1.47 bits per heavy atom. The first-order valence-electron chi connectivity index (χ1n) is 14.7. The first-order chi connectivity index (χ1) is 22.7. The number of carbonyl (C=O) groups excluding carboxylic acids is 2. The van der Waals surface area contributed by atoms with Gasteiger partial charge in [-0.2, -0.15) is 0 Å². The van der Waals surface area contributed by atoms with Crippen LogP contribution in [0.2, 0.25) is 0 Å². The number of benzene rings is 4. The molecule has 0 radical (unpaired) electrons. The normalized spacial score (nSPS) is 10.9. The van der Waals surface area contributed by atoms with Crippen LogP contribution in [-0.4, -0.2) is 56.7 Å². The SMILES string of the molecule is COc1cc(CN(C)CCc2ccc(NC(=O)c3cc(OC)c(OC)cc3NC(=O)c3cc(=O)c4ccccc4o3)cc2)ccc1O. The van der Waals surface area contributed by atoms with Crippen molar-refractivity contribution in [1.29, 1.82) is 0 Å². The number of para-hydroxylation sites is 1. The maximum Gasteiger partial charge on any atom is 0.291 e. The summed E-state index contributed by atoms with van der Waals surface area (Å²) in [5.74, 6) is -0.301. The Morgan fingerprint density at radius 3 is 2.19 bits per heavy atom. The van der Waals surface area contributed by atoms with E-state index in [0.29, 0.717) is 23.4 Å². The Hall–Kier alpha value is -5.81. The summed E-state index contributed by atoms with van der Waals surface area (Å²) in [5.41, 5.74) is 2.79. The van der Waals surface area contributed by atoms with Gasteiger partial charge in [0.05, 0.1) is 38.0 Å². The molecule has 0 unspecified atom stereocenters. The van der Waals surface area contributed by atoms with Gasteiger partial charge < -0.3 is 39.3 Å². The summed E-state index contributed by atoms with van der Waals surface area (Å²) in [7, 11) is 6.42. The first kappa shape index (κ1) is 32.6. The van der Waals surface area contributed by atoms with Crippen LogP contribution in [0.3, 0.4) is 0 Å². The number of phenolic OH excluding ortho intramolecular Hbond substituents is 1. The monoisotopic (exact) mass is 637 g/mol.